The smallest absolute Gasteiger partial charge is 0.166 e. The minimum absolute atomic E-state index is 0.101. The molecule has 4 heteroatoms. The topological polar surface area (TPSA) is 53.9 Å². The lowest BCUT2D eigenvalue weighted by Gasteiger charge is -2.04. The molecule has 0 bridgehead atoms. The second kappa shape index (κ2) is 4.35. The molecule has 0 saturated carbocycles. The molecule has 0 aliphatic rings. The Morgan fingerprint density at radius 1 is 1.54 bits per heavy atom. The number of nitrogens with zero attached hydrogens (tertiary/aromatic N) is 1. The molecule has 4 nitrogen and oxygen atoms in total. The van der Waals surface area contributed by atoms with Crippen molar-refractivity contribution in [1.29, 1.82) is 0 Å². The molecular formula is C9H12N2O2. The standard InChI is InChI=1S/C9H12N2O2/c1-10-11-6-7-4-3-5-8(13-2)9(7)12/h3-6,10,12H,1-2H3. The third-order valence-electron chi connectivity index (χ3n) is 1.58. The Kier molecular flexibility index (Phi) is 3.14. The number of phenols is 1. The largest absolute Gasteiger partial charge is 0.504 e. The first-order valence-electron chi connectivity index (χ1n) is 3.85. The van der Waals surface area contributed by atoms with Gasteiger partial charge in [0.05, 0.1) is 13.3 Å². The first-order chi connectivity index (χ1) is 6.29. The third kappa shape index (κ3) is 2.11. The molecule has 0 spiro atoms. The van der Waals surface area contributed by atoms with Crippen molar-refractivity contribution in [2.24, 2.45) is 5.10 Å². The average molecular weight is 180 g/mol. The van der Waals surface area contributed by atoms with E-state index in [-0.39, 0.29) is 5.75 Å². The average Bonchev–Trinajstić information content (AvgIpc) is 2.16. The number of ether oxygens (including phenoxy) is 1. The van der Waals surface area contributed by atoms with Gasteiger partial charge in [0.1, 0.15) is 0 Å². The Morgan fingerprint density at radius 2 is 2.31 bits per heavy atom. The van der Waals surface area contributed by atoms with Gasteiger partial charge in [-0.3, -0.25) is 0 Å². The molecule has 0 aliphatic carbocycles. The van der Waals surface area contributed by atoms with Crippen molar-refractivity contribution in [2.45, 2.75) is 0 Å². The zero-order valence-electron chi connectivity index (χ0n) is 7.61. The van der Waals surface area contributed by atoms with Crippen LogP contribution >= 0.6 is 0 Å². The van der Waals surface area contributed by atoms with Crippen LogP contribution in [0.3, 0.4) is 0 Å². The van der Waals surface area contributed by atoms with Crippen molar-refractivity contribution >= 4 is 6.21 Å². The lowest BCUT2D eigenvalue weighted by Crippen LogP contribution is -1.95. The lowest BCUT2D eigenvalue weighted by atomic mass is 10.2. The fourth-order valence-electron chi connectivity index (χ4n) is 0.942. The minimum Gasteiger partial charge on any atom is -0.504 e. The van der Waals surface area contributed by atoms with E-state index in [9.17, 15) is 5.11 Å². The zero-order chi connectivity index (χ0) is 9.68. The van der Waals surface area contributed by atoms with Crippen molar-refractivity contribution in [3.8, 4) is 11.5 Å². The second-order valence-electron chi connectivity index (χ2n) is 2.38. The van der Waals surface area contributed by atoms with Gasteiger partial charge in [-0.2, -0.15) is 5.10 Å². The Labute approximate surface area is 76.8 Å². The number of rotatable bonds is 3. The van der Waals surface area contributed by atoms with Crippen molar-refractivity contribution in [1.82, 2.24) is 5.43 Å². The van der Waals surface area contributed by atoms with E-state index in [0.29, 0.717) is 11.3 Å². The summed E-state index contributed by atoms with van der Waals surface area (Å²) in [5, 5.41) is 13.4. The highest BCUT2D eigenvalue weighted by Crippen LogP contribution is 2.27. The molecule has 13 heavy (non-hydrogen) atoms. The molecule has 1 aromatic carbocycles. The first-order valence-corrected chi connectivity index (χ1v) is 3.85. The van der Waals surface area contributed by atoms with Crippen LogP contribution in [0.5, 0.6) is 11.5 Å². The minimum atomic E-state index is 0.101. The molecule has 0 atom stereocenters. The summed E-state index contributed by atoms with van der Waals surface area (Å²) in [6.45, 7) is 0. The van der Waals surface area contributed by atoms with Gasteiger partial charge >= 0.3 is 0 Å². The molecule has 0 unspecified atom stereocenters. The molecule has 70 valence electrons. The molecule has 0 saturated heterocycles. The highest BCUT2D eigenvalue weighted by molar-refractivity contribution is 5.84. The van der Waals surface area contributed by atoms with E-state index in [1.165, 1.54) is 13.3 Å². The highest BCUT2D eigenvalue weighted by Gasteiger charge is 2.03. The van der Waals surface area contributed by atoms with Gasteiger partial charge in [0.15, 0.2) is 11.5 Å². The lowest BCUT2D eigenvalue weighted by molar-refractivity contribution is 0.373. The number of benzene rings is 1. The summed E-state index contributed by atoms with van der Waals surface area (Å²) in [7, 11) is 3.20. The van der Waals surface area contributed by atoms with Crippen LogP contribution in [0.1, 0.15) is 5.56 Å². The van der Waals surface area contributed by atoms with Gasteiger partial charge in [-0.25, -0.2) is 0 Å². The quantitative estimate of drug-likeness (QED) is 0.538. The SMILES string of the molecule is CNN=Cc1cccc(OC)c1O. The predicted molar refractivity (Wildman–Crippen MR) is 51.3 cm³/mol. The zero-order valence-corrected chi connectivity index (χ0v) is 7.61. The predicted octanol–water partition coefficient (Wildman–Crippen LogP) is 0.954. The third-order valence-corrected chi connectivity index (χ3v) is 1.58. The summed E-state index contributed by atoms with van der Waals surface area (Å²) in [6.07, 6.45) is 1.53. The van der Waals surface area contributed by atoms with Gasteiger partial charge in [0.25, 0.3) is 0 Å². The number of hydrogen-bond acceptors (Lipinski definition) is 4. The molecular weight excluding hydrogens is 168 g/mol. The fourth-order valence-corrected chi connectivity index (χ4v) is 0.942. The van der Waals surface area contributed by atoms with E-state index in [0.717, 1.165) is 0 Å². The van der Waals surface area contributed by atoms with Crippen molar-refractivity contribution in [2.75, 3.05) is 14.2 Å². The number of hydrogen-bond donors (Lipinski definition) is 2. The molecule has 0 aromatic heterocycles. The Morgan fingerprint density at radius 3 is 2.92 bits per heavy atom. The van der Waals surface area contributed by atoms with Crippen molar-refractivity contribution in [3.63, 3.8) is 0 Å². The van der Waals surface area contributed by atoms with E-state index >= 15 is 0 Å². The van der Waals surface area contributed by atoms with Gasteiger partial charge in [0.2, 0.25) is 0 Å². The summed E-state index contributed by atoms with van der Waals surface area (Å²) in [5.41, 5.74) is 3.22. The summed E-state index contributed by atoms with van der Waals surface area (Å²) >= 11 is 0. The molecule has 2 N–H and O–H groups in total. The van der Waals surface area contributed by atoms with Crippen molar-refractivity contribution in [3.05, 3.63) is 23.8 Å². The maximum atomic E-state index is 9.57. The summed E-state index contributed by atoms with van der Waals surface area (Å²) in [5.74, 6) is 0.545. The Balaban J connectivity index is 3.01. The Hall–Kier alpha value is -1.71. The number of nitrogens with one attached hydrogen (secondary N) is 1. The number of phenolic OH excluding ortho intramolecular Hbond substituents is 1. The second-order valence-corrected chi connectivity index (χ2v) is 2.38. The van der Waals surface area contributed by atoms with Crippen LogP contribution in [-0.2, 0) is 0 Å². The molecule has 0 radical (unpaired) electrons. The monoisotopic (exact) mass is 180 g/mol. The van der Waals surface area contributed by atoms with Crippen LogP contribution in [0.2, 0.25) is 0 Å². The van der Waals surface area contributed by atoms with Gasteiger partial charge in [-0.15, -0.1) is 0 Å². The maximum Gasteiger partial charge on any atom is 0.166 e. The van der Waals surface area contributed by atoms with Crippen LogP contribution in [0.25, 0.3) is 0 Å². The highest BCUT2D eigenvalue weighted by atomic mass is 16.5. The number of hydrazone groups is 1. The summed E-state index contributed by atoms with van der Waals surface area (Å²) in [4.78, 5) is 0. The van der Waals surface area contributed by atoms with Gasteiger partial charge in [-0.1, -0.05) is 6.07 Å². The van der Waals surface area contributed by atoms with E-state index in [1.807, 2.05) is 0 Å². The molecule has 0 aliphatic heterocycles. The van der Waals surface area contributed by atoms with Gasteiger partial charge in [0, 0.05) is 12.6 Å². The van der Waals surface area contributed by atoms with Crippen LogP contribution in [0.4, 0.5) is 0 Å². The number of aromatic hydroxyl groups is 1. The molecule has 0 fully saturated rings. The van der Waals surface area contributed by atoms with Gasteiger partial charge in [-0.05, 0) is 12.1 Å². The number of para-hydroxylation sites is 1. The van der Waals surface area contributed by atoms with Crippen LogP contribution in [0.15, 0.2) is 23.3 Å². The van der Waals surface area contributed by atoms with E-state index in [1.54, 1.807) is 25.2 Å². The van der Waals surface area contributed by atoms with Crippen LogP contribution < -0.4 is 10.2 Å². The Bertz CT molecular complexity index is 310. The molecule has 1 rings (SSSR count). The van der Waals surface area contributed by atoms with E-state index in [2.05, 4.69) is 10.5 Å². The maximum absolute atomic E-state index is 9.57. The fraction of sp³-hybridized carbons (Fsp3) is 0.222. The summed E-state index contributed by atoms with van der Waals surface area (Å²) < 4.78 is 4.93. The van der Waals surface area contributed by atoms with E-state index in [4.69, 9.17) is 4.74 Å². The normalized spacial score (nSPS) is 10.3. The number of methoxy groups -OCH3 is 1. The molecule has 1 aromatic rings. The molecule has 0 heterocycles. The van der Waals surface area contributed by atoms with Crippen LogP contribution in [-0.4, -0.2) is 25.5 Å². The van der Waals surface area contributed by atoms with E-state index < -0.39 is 0 Å². The summed E-state index contributed by atoms with van der Waals surface area (Å²) in [6, 6.07) is 5.22. The van der Waals surface area contributed by atoms with Crippen molar-refractivity contribution < 1.29 is 9.84 Å². The molecule has 0 amide bonds. The first kappa shape index (κ1) is 9.38. The van der Waals surface area contributed by atoms with Gasteiger partial charge < -0.3 is 15.3 Å². The van der Waals surface area contributed by atoms with Crippen LogP contribution in [0, 0.1) is 0 Å².